The van der Waals surface area contributed by atoms with Gasteiger partial charge in [-0.05, 0) is 24.8 Å². The minimum absolute atomic E-state index is 0.599. The largest absolute Gasteiger partial charge is 0.390 e. The van der Waals surface area contributed by atoms with E-state index in [-0.39, 0.29) is 0 Å². The van der Waals surface area contributed by atoms with Crippen LogP contribution in [0.4, 0.5) is 0 Å². The van der Waals surface area contributed by atoms with Gasteiger partial charge in [0.1, 0.15) is 0 Å². The van der Waals surface area contributed by atoms with Crippen molar-refractivity contribution in [3.63, 3.8) is 0 Å². The second-order valence-electron chi connectivity index (χ2n) is 4.30. The molecule has 1 atom stereocenters. The molecule has 1 rings (SSSR count). The number of aliphatic hydroxyl groups is 1. The van der Waals surface area contributed by atoms with Crippen molar-refractivity contribution in [2.75, 3.05) is 0 Å². The summed E-state index contributed by atoms with van der Waals surface area (Å²) in [6, 6.07) is 10.1. The van der Waals surface area contributed by atoms with E-state index in [1.807, 2.05) is 25.1 Å². The summed E-state index contributed by atoms with van der Waals surface area (Å²) in [4.78, 5) is 0. The van der Waals surface area contributed by atoms with Crippen molar-refractivity contribution in [3.8, 4) is 12.3 Å². The monoisotopic (exact) mass is 216 g/mol. The topological polar surface area (TPSA) is 20.2 Å². The number of rotatable bonds is 6. The fourth-order valence-electron chi connectivity index (χ4n) is 1.89. The van der Waals surface area contributed by atoms with Gasteiger partial charge in [0.25, 0.3) is 0 Å². The van der Waals surface area contributed by atoms with Crippen LogP contribution in [0, 0.1) is 12.3 Å². The van der Waals surface area contributed by atoms with Gasteiger partial charge in [-0.1, -0.05) is 37.3 Å². The zero-order valence-electron chi connectivity index (χ0n) is 9.95. The van der Waals surface area contributed by atoms with Crippen molar-refractivity contribution in [2.24, 2.45) is 0 Å². The Hall–Kier alpha value is -1.26. The lowest BCUT2D eigenvalue weighted by Gasteiger charge is -2.26. The van der Waals surface area contributed by atoms with Crippen LogP contribution in [-0.4, -0.2) is 10.7 Å². The van der Waals surface area contributed by atoms with Crippen molar-refractivity contribution in [1.29, 1.82) is 0 Å². The molecule has 86 valence electrons. The van der Waals surface area contributed by atoms with Crippen LogP contribution in [0.1, 0.15) is 38.2 Å². The summed E-state index contributed by atoms with van der Waals surface area (Å²) in [7, 11) is 0. The summed E-state index contributed by atoms with van der Waals surface area (Å²) < 4.78 is 0. The summed E-state index contributed by atoms with van der Waals surface area (Å²) >= 11 is 0. The first-order chi connectivity index (χ1) is 7.70. The summed E-state index contributed by atoms with van der Waals surface area (Å²) in [5.41, 5.74) is 0.589. The molecule has 0 amide bonds. The molecule has 1 aromatic carbocycles. The van der Waals surface area contributed by atoms with E-state index < -0.39 is 5.60 Å². The molecule has 0 spiro atoms. The van der Waals surface area contributed by atoms with E-state index in [0.29, 0.717) is 0 Å². The van der Waals surface area contributed by atoms with Gasteiger partial charge in [0.15, 0.2) is 0 Å². The van der Waals surface area contributed by atoms with Crippen LogP contribution >= 0.6 is 0 Å². The standard InChI is InChI=1S/C15H20O/c1-3-5-9-12-15(16,4-2)13-14-10-7-6-8-11-14/h1,6-8,10-11,16H,4-5,9,12-13H2,2H3. The second-order valence-corrected chi connectivity index (χ2v) is 4.30. The predicted molar refractivity (Wildman–Crippen MR) is 68.1 cm³/mol. The van der Waals surface area contributed by atoms with Crippen molar-refractivity contribution >= 4 is 0 Å². The number of unbranched alkanes of at least 4 members (excludes halogenated alkanes) is 1. The molecular formula is C15H20O. The van der Waals surface area contributed by atoms with Crippen molar-refractivity contribution < 1.29 is 5.11 Å². The van der Waals surface area contributed by atoms with Gasteiger partial charge in [-0.3, -0.25) is 0 Å². The first-order valence-electron chi connectivity index (χ1n) is 5.90. The Bertz CT molecular complexity index is 336. The molecule has 1 N–H and O–H groups in total. The predicted octanol–water partition coefficient (Wildman–Crippen LogP) is 3.17. The van der Waals surface area contributed by atoms with Crippen LogP contribution in [0.3, 0.4) is 0 Å². The number of benzene rings is 1. The molecule has 1 aromatic rings. The third-order valence-corrected chi connectivity index (χ3v) is 3.00. The molecule has 0 fully saturated rings. The molecule has 1 nitrogen and oxygen atoms in total. The highest BCUT2D eigenvalue weighted by molar-refractivity contribution is 5.17. The minimum Gasteiger partial charge on any atom is -0.390 e. The van der Waals surface area contributed by atoms with Crippen LogP contribution in [0.25, 0.3) is 0 Å². The third-order valence-electron chi connectivity index (χ3n) is 3.00. The molecule has 0 aliphatic carbocycles. The van der Waals surface area contributed by atoms with Gasteiger partial charge in [0.05, 0.1) is 5.60 Å². The maximum Gasteiger partial charge on any atom is 0.0685 e. The lowest BCUT2D eigenvalue weighted by atomic mass is 9.87. The molecule has 1 heteroatoms. The Morgan fingerprint density at radius 3 is 2.56 bits per heavy atom. The number of terminal acetylenes is 1. The lowest BCUT2D eigenvalue weighted by molar-refractivity contribution is 0.0262. The van der Waals surface area contributed by atoms with Crippen LogP contribution in [0.2, 0.25) is 0 Å². The fraction of sp³-hybridized carbons (Fsp3) is 0.467. The summed E-state index contributed by atoms with van der Waals surface area (Å²) in [5, 5.41) is 10.4. The van der Waals surface area contributed by atoms with Crippen LogP contribution in [0.15, 0.2) is 30.3 Å². The zero-order chi connectivity index (χ0) is 11.9. The molecular weight excluding hydrogens is 196 g/mol. The summed E-state index contributed by atoms with van der Waals surface area (Å²) in [5.74, 6) is 2.62. The van der Waals surface area contributed by atoms with Gasteiger partial charge in [0, 0.05) is 12.8 Å². The SMILES string of the molecule is C#CCCCC(O)(CC)Cc1ccccc1. The average Bonchev–Trinajstić information content (AvgIpc) is 2.31. The number of hydrogen-bond donors (Lipinski definition) is 1. The van der Waals surface area contributed by atoms with Crippen LogP contribution in [-0.2, 0) is 6.42 Å². The van der Waals surface area contributed by atoms with Gasteiger partial charge in [-0.15, -0.1) is 12.3 Å². The van der Waals surface area contributed by atoms with Gasteiger partial charge >= 0.3 is 0 Å². The lowest BCUT2D eigenvalue weighted by Crippen LogP contribution is -2.30. The van der Waals surface area contributed by atoms with E-state index >= 15 is 0 Å². The normalized spacial score (nSPS) is 14.1. The molecule has 0 aromatic heterocycles. The molecule has 0 radical (unpaired) electrons. The maximum atomic E-state index is 10.4. The average molecular weight is 216 g/mol. The Balaban J connectivity index is 2.56. The Kier molecular flexibility index (Phi) is 5.08. The van der Waals surface area contributed by atoms with Gasteiger partial charge in [-0.25, -0.2) is 0 Å². The first-order valence-corrected chi connectivity index (χ1v) is 5.90. The maximum absolute atomic E-state index is 10.4. The van der Waals surface area contributed by atoms with Crippen molar-refractivity contribution in [2.45, 2.75) is 44.6 Å². The molecule has 0 bridgehead atoms. The van der Waals surface area contributed by atoms with Crippen LogP contribution < -0.4 is 0 Å². The molecule has 0 aliphatic heterocycles. The minimum atomic E-state index is -0.599. The van der Waals surface area contributed by atoms with Gasteiger partial charge in [0.2, 0.25) is 0 Å². The molecule has 0 saturated carbocycles. The highest BCUT2D eigenvalue weighted by atomic mass is 16.3. The third kappa shape index (κ3) is 4.08. The van der Waals surface area contributed by atoms with Crippen molar-refractivity contribution in [1.82, 2.24) is 0 Å². The van der Waals surface area contributed by atoms with Gasteiger partial charge < -0.3 is 5.11 Å². The molecule has 0 saturated heterocycles. The quantitative estimate of drug-likeness (QED) is 0.572. The molecule has 1 unspecified atom stereocenters. The van der Waals surface area contributed by atoms with E-state index in [0.717, 1.165) is 32.1 Å². The van der Waals surface area contributed by atoms with Crippen molar-refractivity contribution in [3.05, 3.63) is 35.9 Å². The Morgan fingerprint density at radius 1 is 1.31 bits per heavy atom. The first kappa shape index (κ1) is 12.8. The van der Waals surface area contributed by atoms with E-state index in [2.05, 4.69) is 18.1 Å². The smallest absolute Gasteiger partial charge is 0.0685 e. The van der Waals surface area contributed by atoms with Gasteiger partial charge in [-0.2, -0.15) is 0 Å². The Morgan fingerprint density at radius 2 is 2.00 bits per heavy atom. The van der Waals surface area contributed by atoms with E-state index in [9.17, 15) is 5.11 Å². The summed E-state index contributed by atoms with van der Waals surface area (Å²) in [6.07, 6.45) is 9.13. The van der Waals surface area contributed by atoms with E-state index in [1.165, 1.54) is 5.56 Å². The molecule has 0 aliphatic rings. The van der Waals surface area contributed by atoms with Crippen LogP contribution in [0.5, 0.6) is 0 Å². The highest BCUT2D eigenvalue weighted by Crippen LogP contribution is 2.23. The Labute approximate surface area is 98.5 Å². The van der Waals surface area contributed by atoms with E-state index in [4.69, 9.17) is 6.42 Å². The molecule has 16 heavy (non-hydrogen) atoms. The van der Waals surface area contributed by atoms with E-state index in [1.54, 1.807) is 0 Å². The highest BCUT2D eigenvalue weighted by Gasteiger charge is 2.24. The second kappa shape index (κ2) is 6.35. The summed E-state index contributed by atoms with van der Waals surface area (Å²) in [6.45, 7) is 2.03. The number of hydrogen-bond acceptors (Lipinski definition) is 1. The fourth-order valence-corrected chi connectivity index (χ4v) is 1.89. The molecule has 0 heterocycles. The zero-order valence-corrected chi connectivity index (χ0v) is 9.95.